The molecule has 22 heavy (non-hydrogen) atoms. The Morgan fingerprint density at radius 2 is 2.18 bits per heavy atom. The molecule has 1 fully saturated rings. The Balaban J connectivity index is 1.79. The van der Waals surface area contributed by atoms with E-state index in [9.17, 15) is 4.79 Å². The van der Waals surface area contributed by atoms with E-state index < -0.39 is 5.60 Å². The van der Waals surface area contributed by atoms with Crippen LogP contribution < -0.4 is 10.6 Å². The van der Waals surface area contributed by atoms with Crippen molar-refractivity contribution in [2.75, 3.05) is 0 Å². The van der Waals surface area contributed by atoms with Crippen molar-refractivity contribution in [3.05, 3.63) is 16.6 Å². The van der Waals surface area contributed by atoms with Crippen LogP contribution in [0.2, 0.25) is 0 Å². The third kappa shape index (κ3) is 5.25. The first-order chi connectivity index (χ1) is 10.4. The van der Waals surface area contributed by atoms with Crippen molar-refractivity contribution in [3.63, 3.8) is 0 Å². The molecular weight excluding hydrogens is 298 g/mol. The quantitative estimate of drug-likeness (QED) is 0.868. The summed E-state index contributed by atoms with van der Waals surface area (Å²) in [4.78, 5) is 16.2. The Morgan fingerprint density at radius 3 is 2.77 bits per heavy atom. The molecule has 0 bridgehead atoms. The summed E-state index contributed by atoms with van der Waals surface area (Å²) < 4.78 is 5.32. The van der Waals surface area contributed by atoms with Crippen molar-refractivity contribution in [1.29, 1.82) is 0 Å². The van der Waals surface area contributed by atoms with Gasteiger partial charge in [-0.05, 0) is 46.5 Å². The topological polar surface area (TPSA) is 63.2 Å². The summed E-state index contributed by atoms with van der Waals surface area (Å²) in [6.07, 6.45) is 5.57. The molecule has 0 aromatic carbocycles. The highest BCUT2D eigenvalue weighted by Crippen LogP contribution is 2.25. The smallest absolute Gasteiger partial charge is 0.407 e. The van der Waals surface area contributed by atoms with Gasteiger partial charge in [0.25, 0.3) is 0 Å². The summed E-state index contributed by atoms with van der Waals surface area (Å²) in [6.45, 7) is 7.81. The van der Waals surface area contributed by atoms with Crippen LogP contribution in [0.4, 0.5) is 4.79 Å². The second-order valence-corrected chi connectivity index (χ2v) is 7.78. The van der Waals surface area contributed by atoms with Gasteiger partial charge in [0, 0.05) is 23.7 Å². The number of carbonyl (C=O) groups excluding carboxylic acids is 1. The molecular formula is C16H27N3O2S. The lowest BCUT2D eigenvalue weighted by atomic mass is 10.1. The molecule has 0 aliphatic heterocycles. The van der Waals surface area contributed by atoms with Crippen molar-refractivity contribution in [2.45, 2.75) is 77.1 Å². The van der Waals surface area contributed by atoms with Crippen LogP contribution in [0.1, 0.15) is 64.4 Å². The average Bonchev–Trinajstić information content (AvgIpc) is 3.04. The van der Waals surface area contributed by atoms with Crippen LogP contribution in [0.3, 0.4) is 0 Å². The first-order valence-corrected chi connectivity index (χ1v) is 8.90. The van der Waals surface area contributed by atoms with E-state index in [1.54, 1.807) is 11.3 Å². The Morgan fingerprint density at radius 1 is 1.45 bits per heavy atom. The van der Waals surface area contributed by atoms with Crippen LogP contribution >= 0.6 is 11.3 Å². The zero-order valence-corrected chi connectivity index (χ0v) is 14.7. The predicted molar refractivity (Wildman–Crippen MR) is 89.1 cm³/mol. The van der Waals surface area contributed by atoms with Gasteiger partial charge in [-0.1, -0.05) is 6.92 Å². The first-order valence-electron chi connectivity index (χ1n) is 8.02. The average molecular weight is 325 g/mol. The van der Waals surface area contributed by atoms with E-state index in [-0.39, 0.29) is 12.1 Å². The molecule has 1 aliphatic rings. The van der Waals surface area contributed by atoms with E-state index in [1.807, 2.05) is 32.3 Å². The van der Waals surface area contributed by atoms with Crippen molar-refractivity contribution in [1.82, 2.24) is 15.6 Å². The molecule has 0 saturated heterocycles. The highest BCUT2D eigenvalue weighted by atomic mass is 32.1. The fourth-order valence-corrected chi connectivity index (χ4v) is 3.57. The van der Waals surface area contributed by atoms with E-state index in [0.717, 1.165) is 30.7 Å². The second kappa shape index (κ2) is 7.42. The maximum Gasteiger partial charge on any atom is 0.407 e. The van der Waals surface area contributed by atoms with Gasteiger partial charge in [-0.3, -0.25) is 0 Å². The van der Waals surface area contributed by atoms with Crippen LogP contribution in [-0.2, 0) is 4.74 Å². The molecule has 1 saturated carbocycles. The van der Waals surface area contributed by atoms with Gasteiger partial charge in [-0.2, -0.15) is 0 Å². The minimum atomic E-state index is -0.446. The number of aromatic nitrogens is 1. The number of hydrogen-bond acceptors (Lipinski definition) is 5. The molecule has 3 unspecified atom stereocenters. The fraction of sp³-hybridized carbons (Fsp3) is 0.750. The number of nitrogens with zero attached hydrogens (tertiary/aromatic N) is 1. The third-order valence-corrected chi connectivity index (χ3v) is 4.64. The van der Waals surface area contributed by atoms with Gasteiger partial charge >= 0.3 is 6.09 Å². The second-order valence-electron chi connectivity index (χ2n) is 6.85. The van der Waals surface area contributed by atoms with E-state index in [0.29, 0.717) is 12.1 Å². The zero-order valence-electron chi connectivity index (χ0n) is 13.9. The molecule has 3 atom stereocenters. The van der Waals surface area contributed by atoms with Crippen molar-refractivity contribution >= 4 is 17.4 Å². The number of amides is 1. The molecule has 1 amide bonds. The number of rotatable bonds is 5. The van der Waals surface area contributed by atoms with Gasteiger partial charge < -0.3 is 15.4 Å². The number of nitrogens with one attached hydrogen (secondary N) is 2. The Bertz CT molecular complexity index is 470. The molecule has 124 valence electrons. The number of ether oxygens (including phenoxy) is 1. The lowest BCUT2D eigenvalue weighted by Crippen LogP contribution is -2.39. The summed E-state index contributed by atoms with van der Waals surface area (Å²) in [6, 6.07) is 0.931. The molecule has 2 N–H and O–H groups in total. The predicted octanol–water partition coefficient (Wildman–Crippen LogP) is 3.63. The SMILES string of the molecule is CCC(NC1CCC(NC(=O)OC(C)(C)C)C1)c1nccs1. The molecule has 2 rings (SSSR count). The first kappa shape index (κ1) is 17.2. The van der Waals surface area contributed by atoms with Crippen molar-refractivity contribution in [3.8, 4) is 0 Å². The van der Waals surface area contributed by atoms with Crippen LogP contribution in [0.5, 0.6) is 0 Å². The number of hydrogen-bond donors (Lipinski definition) is 2. The molecule has 6 heteroatoms. The van der Waals surface area contributed by atoms with Gasteiger partial charge in [0.2, 0.25) is 0 Å². The minimum Gasteiger partial charge on any atom is -0.444 e. The summed E-state index contributed by atoms with van der Waals surface area (Å²) in [5.74, 6) is 0. The van der Waals surface area contributed by atoms with E-state index in [2.05, 4.69) is 22.5 Å². The Labute approximate surface area is 136 Å². The van der Waals surface area contributed by atoms with Crippen LogP contribution in [0.25, 0.3) is 0 Å². The summed E-state index contributed by atoms with van der Waals surface area (Å²) >= 11 is 1.69. The van der Waals surface area contributed by atoms with Crippen LogP contribution in [0, 0.1) is 0 Å². The zero-order chi connectivity index (χ0) is 16.2. The van der Waals surface area contributed by atoms with Gasteiger partial charge in [0.1, 0.15) is 10.6 Å². The van der Waals surface area contributed by atoms with Gasteiger partial charge in [-0.15, -0.1) is 11.3 Å². The summed E-state index contributed by atoms with van der Waals surface area (Å²) in [7, 11) is 0. The fourth-order valence-electron chi connectivity index (χ4n) is 2.79. The highest BCUT2D eigenvalue weighted by molar-refractivity contribution is 7.09. The molecule has 1 heterocycles. The van der Waals surface area contributed by atoms with Crippen LogP contribution in [-0.4, -0.2) is 28.8 Å². The monoisotopic (exact) mass is 325 g/mol. The molecule has 1 aromatic heterocycles. The normalized spacial score (nSPS) is 23.3. The van der Waals surface area contributed by atoms with E-state index in [1.165, 1.54) is 0 Å². The summed E-state index contributed by atoms with van der Waals surface area (Å²) in [5.41, 5.74) is -0.446. The van der Waals surface area contributed by atoms with Gasteiger partial charge in [-0.25, -0.2) is 9.78 Å². The molecule has 0 radical (unpaired) electrons. The van der Waals surface area contributed by atoms with Crippen LogP contribution in [0.15, 0.2) is 11.6 Å². The number of carbonyl (C=O) groups is 1. The molecule has 5 nitrogen and oxygen atoms in total. The minimum absolute atomic E-state index is 0.196. The number of thiazole rings is 1. The number of alkyl carbamates (subject to hydrolysis) is 1. The van der Waals surface area contributed by atoms with Crippen molar-refractivity contribution in [2.24, 2.45) is 0 Å². The molecule has 1 aliphatic carbocycles. The van der Waals surface area contributed by atoms with Gasteiger partial charge in [0.15, 0.2) is 0 Å². The lowest BCUT2D eigenvalue weighted by Gasteiger charge is -2.22. The maximum atomic E-state index is 11.8. The molecule has 1 aromatic rings. The lowest BCUT2D eigenvalue weighted by molar-refractivity contribution is 0.0505. The van der Waals surface area contributed by atoms with E-state index in [4.69, 9.17) is 4.74 Å². The maximum absolute atomic E-state index is 11.8. The highest BCUT2D eigenvalue weighted by Gasteiger charge is 2.29. The molecule has 0 spiro atoms. The largest absolute Gasteiger partial charge is 0.444 e. The van der Waals surface area contributed by atoms with E-state index >= 15 is 0 Å². The Kier molecular flexibility index (Phi) is 5.81. The third-order valence-electron chi connectivity index (χ3n) is 3.75. The summed E-state index contributed by atoms with van der Waals surface area (Å²) in [5, 5.41) is 9.81. The Hall–Kier alpha value is -1.14. The standard InChI is InChI=1S/C16H27N3O2S/c1-5-13(14-17-8-9-22-14)18-11-6-7-12(10-11)19-15(20)21-16(2,3)4/h8-9,11-13,18H,5-7,10H2,1-4H3,(H,19,20). The van der Waals surface area contributed by atoms with Crippen molar-refractivity contribution < 1.29 is 9.53 Å². The van der Waals surface area contributed by atoms with Gasteiger partial charge in [0.05, 0.1) is 6.04 Å².